The molecule has 1 spiro atoms. The minimum atomic E-state index is -0.812. The molecule has 7 heteroatoms. The Bertz CT molecular complexity index is 669. The van der Waals surface area contributed by atoms with Gasteiger partial charge in [-0.25, -0.2) is 9.78 Å². The molecule has 162 valence electrons. The van der Waals surface area contributed by atoms with Gasteiger partial charge in [-0.15, -0.1) is 0 Å². The lowest BCUT2D eigenvalue weighted by atomic mass is 9.69. The molecular weight excluding hydrogens is 368 g/mol. The summed E-state index contributed by atoms with van der Waals surface area (Å²) in [6.45, 7) is 9.23. The third kappa shape index (κ3) is 6.05. The molecule has 0 bridgehead atoms. The highest BCUT2D eigenvalue weighted by Gasteiger charge is 2.57. The minimum absolute atomic E-state index is 0.0210. The maximum atomic E-state index is 12.8. The van der Waals surface area contributed by atoms with Gasteiger partial charge < -0.3 is 16.0 Å². The van der Waals surface area contributed by atoms with Crippen molar-refractivity contribution >= 4 is 5.91 Å². The van der Waals surface area contributed by atoms with E-state index in [4.69, 9.17) is 20.8 Å². The monoisotopic (exact) mass is 404 g/mol. The minimum Gasteiger partial charge on any atom is -0.387 e. The number of nitrogens with zero attached hydrogens (tertiary/aromatic N) is 2. The maximum Gasteiger partial charge on any atom is 0.260 e. The zero-order valence-corrected chi connectivity index (χ0v) is 18.1. The molecule has 0 radical (unpaired) electrons. The van der Waals surface area contributed by atoms with Crippen molar-refractivity contribution in [1.29, 1.82) is 5.26 Å². The highest BCUT2D eigenvalue weighted by atomic mass is 17.2. The third-order valence-corrected chi connectivity index (χ3v) is 5.85. The number of β-lactam (4-membered cyclic amide) rings is 1. The van der Waals surface area contributed by atoms with Crippen molar-refractivity contribution in [3.8, 4) is 6.07 Å². The molecule has 0 aliphatic carbocycles. The Hall–Kier alpha value is -1.88. The van der Waals surface area contributed by atoms with Gasteiger partial charge in [0, 0.05) is 30.9 Å². The third-order valence-electron chi connectivity index (χ3n) is 5.85. The number of nitriles is 1. The molecule has 2 atom stereocenters. The van der Waals surface area contributed by atoms with Gasteiger partial charge in [0.15, 0.2) is 5.60 Å². The van der Waals surface area contributed by atoms with Crippen LogP contribution in [0.1, 0.15) is 59.3 Å². The Balaban J connectivity index is 1.92. The number of likely N-dealkylation sites (tertiary alicyclic amines) is 1. The smallest absolute Gasteiger partial charge is 0.260 e. The van der Waals surface area contributed by atoms with Gasteiger partial charge in [0.05, 0.1) is 19.2 Å². The van der Waals surface area contributed by atoms with Crippen LogP contribution in [0.2, 0.25) is 0 Å². The SMILES string of the molecule is C/C=C(C#N)\C=C(/CN)NCCCC1(C)CCCOOC2(CN(CCC)C2=O)C1. The van der Waals surface area contributed by atoms with E-state index in [1.54, 1.807) is 12.2 Å². The number of hydrogen-bond acceptors (Lipinski definition) is 6. The average Bonchev–Trinajstić information content (AvgIpc) is 2.71. The summed E-state index contributed by atoms with van der Waals surface area (Å²) >= 11 is 0. The van der Waals surface area contributed by atoms with Gasteiger partial charge in [-0.3, -0.25) is 4.79 Å². The number of nitrogens with two attached hydrogens (primary N) is 1. The van der Waals surface area contributed by atoms with Gasteiger partial charge in [0.1, 0.15) is 0 Å². The van der Waals surface area contributed by atoms with Crippen LogP contribution in [0.4, 0.5) is 0 Å². The lowest BCUT2D eigenvalue weighted by Crippen LogP contribution is -2.69. The molecule has 7 nitrogen and oxygen atoms in total. The predicted octanol–water partition coefficient (Wildman–Crippen LogP) is 2.80. The number of nitrogens with one attached hydrogen (secondary N) is 1. The van der Waals surface area contributed by atoms with Crippen LogP contribution in [-0.2, 0) is 14.6 Å². The van der Waals surface area contributed by atoms with Crippen molar-refractivity contribution < 1.29 is 14.6 Å². The van der Waals surface area contributed by atoms with Crippen LogP contribution in [0.25, 0.3) is 0 Å². The fraction of sp³-hybridized carbons (Fsp3) is 0.727. The second-order valence-corrected chi connectivity index (χ2v) is 8.48. The Kier molecular flexibility index (Phi) is 8.69. The van der Waals surface area contributed by atoms with E-state index in [1.165, 1.54) is 0 Å². The first-order chi connectivity index (χ1) is 13.9. The van der Waals surface area contributed by atoms with E-state index in [1.807, 2.05) is 11.8 Å². The number of hydrogen-bond donors (Lipinski definition) is 2. The van der Waals surface area contributed by atoms with E-state index >= 15 is 0 Å². The number of rotatable bonds is 9. The molecule has 3 N–H and O–H groups in total. The Morgan fingerprint density at radius 3 is 2.90 bits per heavy atom. The van der Waals surface area contributed by atoms with Crippen molar-refractivity contribution in [3.05, 3.63) is 23.4 Å². The Morgan fingerprint density at radius 2 is 2.28 bits per heavy atom. The summed E-state index contributed by atoms with van der Waals surface area (Å²) in [5.41, 5.74) is 6.47. The van der Waals surface area contributed by atoms with Crippen molar-refractivity contribution in [3.63, 3.8) is 0 Å². The number of allylic oxidation sites excluding steroid dienone is 3. The average molecular weight is 405 g/mol. The largest absolute Gasteiger partial charge is 0.387 e. The molecule has 2 unspecified atom stereocenters. The summed E-state index contributed by atoms with van der Waals surface area (Å²) in [7, 11) is 0. The lowest BCUT2D eigenvalue weighted by molar-refractivity contribution is -0.378. The quantitative estimate of drug-likeness (QED) is 0.201. The van der Waals surface area contributed by atoms with Crippen LogP contribution in [-0.4, -0.2) is 49.2 Å². The predicted molar refractivity (Wildman–Crippen MR) is 112 cm³/mol. The van der Waals surface area contributed by atoms with Crippen molar-refractivity contribution in [2.24, 2.45) is 11.1 Å². The number of amides is 1. The van der Waals surface area contributed by atoms with E-state index in [2.05, 4.69) is 25.2 Å². The van der Waals surface area contributed by atoms with E-state index in [9.17, 15) is 4.79 Å². The van der Waals surface area contributed by atoms with E-state index in [-0.39, 0.29) is 11.3 Å². The molecule has 1 amide bonds. The molecule has 2 rings (SSSR count). The molecule has 0 aromatic heterocycles. The van der Waals surface area contributed by atoms with Crippen LogP contribution in [0.5, 0.6) is 0 Å². The normalized spacial score (nSPS) is 28.5. The van der Waals surface area contributed by atoms with Crippen molar-refractivity contribution in [1.82, 2.24) is 10.2 Å². The maximum absolute atomic E-state index is 12.8. The van der Waals surface area contributed by atoms with Gasteiger partial charge >= 0.3 is 0 Å². The molecule has 2 fully saturated rings. The summed E-state index contributed by atoms with van der Waals surface area (Å²) < 4.78 is 0. The molecule has 2 aliphatic rings. The van der Waals surface area contributed by atoms with Gasteiger partial charge in [-0.05, 0) is 56.9 Å². The standard InChI is InChI=1S/C22H36N4O3/c1-4-11-26-17-22(20(26)27)16-21(3,9-7-12-28-29-22)8-6-10-25-19(15-24)13-18(5-2)14-23/h5,13,25H,4,6-12,15-17,24H2,1-3H3/b18-5+,19-13+. The second kappa shape index (κ2) is 10.8. The molecule has 29 heavy (non-hydrogen) atoms. The summed E-state index contributed by atoms with van der Waals surface area (Å²) in [6.07, 6.45) is 9.08. The molecule has 2 aliphatic heterocycles. The van der Waals surface area contributed by atoms with E-state index < -0.39 is 5.60 Å². The van der Waals surface area contributed by atoms with Crippen LogP contribution < -0.4 is 11.1 Å². The van der Waals surface area contributed by atoms with E-state index in [0.29, 0.717) is 31.7 Å². The fourth-order valence-electron chi connectivity index (χ4n) is 4.34. The topological polar surface area (TPSA) is 101 Å². The second-order valence-electron chi connectivity index (χ2n) is 8.48. The number of carbonyl (C=O) groups is 1. The summed E-state index contributed by atoms with van der Waals surface area (Å²) in [5.74, 6) is 0.0642. The highest BCUT2D eigenvalue weighted by Crippen LogP contribution is 2.44. The molecule has 0 aromatic rings. The fourth-order valence-corrected chi connectivity index (χ4v) is 4.34. The van der Waals surface area contributed by atoms with Crippen LogP contribution in [0, 0.1) is 16.7 Å². The van der Waals surface area contributed by atoms with Gasteiger partial charge in [-0.1, -0.05) is 19.9 Å². The zero-order valence-electron chi connectivity index (χ0n) is 18.1. The van der Waals surface area contributed by atoms with Crippen molar-refractivity contribution in [2.75, 3.05) is 32.8 Å². The van der Waals surface area contributed by atoms with Crippen LogP contribution in [0.15, 0.2) is 23.4 Å². The van der Waals surface area contributed by atoms with E-state index in [0.717, 1.165) is 50.9 Å². The Morgan fingerprint density at radius 1 is 1.48 bits per heavy atom. The number of carbonyl (C=O) groups excluding carboxylic acids is 1. The molecular formula is C22H36N4O3. The first kappa shape index (κ1) is 23.4. The molecule has 2 heterocycles. The summed E-state index contributed by atoms with van der Waals surface area (Å²) in [5, 5.41) is 12.4. The summed E-state index contributed by atoms with van der Waals surface area (Å²) in [6, 6.07) is 2.14. The lowest BCUT2D eigenvalue weighted by Gasteiger charge is -2.51. The van der Waals surface area contributed by atoms with Crippen LogP contribution in [0.3, 0.4) is 0 Å². The highest BCUT2D eigenvalue weighted by molar-refractivity contribution is 5.91. The molecule has 0 aromatic carbocycles. The molecule has 0 saturated carbocycles. The molecule has 2 saturated heterocycles. The van der Waals surface area contributed by atoms with Gasteiger partial charge in [0.25, 0.3) is 5.91 Å². The summed E-state index contributed by atoms with van der Waals surface area (Å²) in [4.78, 5) is 25.6. The zero-order chi connectivity index (χ0) is 21.3. The van der Waals surface area contributed by atoms with Gasteiger partial charge in [-0.2, -0.15) is 5.26 Å². The van der Waals surface area contributed by atoms with Crippen molar-refractivity contribution in [2.45, 2.75) is 64.9 Å². The first-order valence-electron chi connectivity index (χ1n) is 10.7. The Labute approximate surface area is 174 Å². The first-order valence-corrected chi connectivity index (χ1v) is 10.7. The van der Waals surface area contributed by atoms with Gasteiger partial charge in [0.2, 0.25) is 0 Å². The van der Waals surface area contributed by atoms with Crippen LogP contribution >= 0.6 is 0 Å².